The molecule has 1 rings (SSSR count). The zero-order valence-electron chi connectivity index (χ0n) is 9.15. The van der Waals surface area contributed by atoms with Gasteiger partial charge in [0.15, 0.2) is 5.69 Å². The highest BCUT2D eigenvalue weighted by Crippen LogP contribution is 2.16. The Balaban J connectivity index is 3.09. The Hall–Kier alpha value is -1.58. The molecule has 0 aliphatic rings. The van der Waals surface area contributed by atoms with Crippen molar-refractivity contribution < 1.29 is 14.6 Å². The van der Waals surface area contributed by atoms with Crippen LogP contribution in [-0.2, 0) is 6.42 Å². The molecule has 0 aliphatic heterocycles. The van der Waals surface area contributed by atoms with E-state index < -0.39 is 5.97 Å². The van der Waals surface area contributed by atoms with Crippen LogP contribution in [0.2, 0.25) is 0 Å². The second kappa shape index (κ2) is 4.77. The second-order valence-electron chi connectivity index (χ2n) is 3.76. The van der Waals surface area contributed by atoms with E-state index in [0.29, 0.717) is 18.2 Å². The number of pyridine rings is 1. The van der Waals surface area contributed by atoms with Crippen LogP contribution in [0.15, 0.2) is 12.1 Å². The fraction of sp³-hybridized carbons (Fsp3) is 0.455. The Morgan fingerprint density at radius 3 is 2.67 bits per heavy atom. The summed E-state index contributed by atoms with van der Waals surface area (Å²) in [7, 11) is 1.47. The number of methoxy groups -OCH3 is 1. The molecule has 15 heavy (non-hydrogen) atoms. The van der Waals surface area contributed by atoms with Crippen LogP contribution >= 0.6 is 0 Å². The van der Waals surface area contributed by atoms with Crippen LogP contribution in [0.1, 0.15) is 29.9 Å². The van der Waals surface area contributed by atoms with E-state index in [2.05, 4.69) is 4.98 Å². The molecule has 0 saturated heterocycles. The number of hydrogen-bond acceptors (Lipinski definition) is 3. The first kappa shape index (κ1) is 11.5. The normalized spacial score (nSPS) is 10.4. The molecule has 1 aromatic rings. The second-order valence-corrected chi connectivity index (χ2v) is 3.76. The molecule has 1 N–H and O–H groups in total. The molecule has 0 amide bonds. The van der Waals surface area contributed by atoms with Crippen molar-refractivity contribution in [3.63, 3.8) is 0 Å². The lowest BCUT2D eigenvalue weighted by molar-refractivity contribution is 0.0688. The molecule has 4 heteroatoms. The van der Waals surface area contributed by atoms with E-state index >= 15 is 0 Å². The van der Waals surface area contributed by atoms with Gasteiger partial charge in [-0.2, -0.15) is 0 Å². The Morgan fingerprint density at radius 2 is 2.20 bits per heavy atom. The van der Waals surface area contributed by atoms with Gasteiger partial charge in [-0.1, -0.05) is 19.9 Å². The van der Waals surface area contributed by atoms with E-state index in [0.717, 1.165) is 5.56 Å². The quantitative estimate of drug-likeness (QED) is 0.823. The summed E-state index contributed by atoms with van der Waals surface area (Å²) < 4.78 is 4.89. The highest BCUT2D eigenvalue weighted by molar-refractivity contribution is 5.87. The Morgan fingerprint density at radius 1 is 1.53 bits per heavy atom. The van der Waals surface area contributed by atoms with Crippen LogP contribution < -0.4 is 4.74 Å². The van der Waals surface area contributed by atoms with Crippen LogP contribution in [0.4, 0.5) is 0 Å². The van der Waals surface area contributed by atoms with E-state index in [1.54, 1.807) is 12.1 Å². The van der Waals surface area contributed by atoms with Crippen molar-refractivity contribution in [2.45, 2.75) is 20.3 Å². The number of carbonyl (C=O) groups is 1. The number of aromatic carboxylic acids is 1. The van der Waals surface area contributed by atoms with Gasteiger partial charge in [-0.15, -0.1) is 0 Å². The van der Waals surface area contributed by atoms with Crippen LogP contribution in [0.3, 0.4) is 0 Å². The largest absolute Gasteiger partial charge is 0.481 e. The van der Waals surface area contributed by atoms with E-state index in [1.807, 2.05) is 13.8 Å². The van der Waals surface area contributed by atoms with Crippen LogP contribution in [0.25, 0.3) is 0 Å². The van der Waals surface area contributed by atoms with Crippen LogP contribution in [0.5, 0.6) is 5.88 Å². The average molecular weight is 209 g/mol. The molecular weight excluding hydrogens is 194 g/mol. The molecule has 0 atom stereocenters. The molecule has 0 aromatic carbocycles. The summed E-state index contributed by atoms with van der Waals surface area (Å²) in [5.41, 5.74) is 0.835. The monoisotopic (exact) mass is 209 g/mol. The third kappa shape index (κ3) is 2.94. The average Bonchev–Trinajstić information content (AvgIpc) is 2.17. The van der Waals surface area contributed by atoms with E-state index in [9.17, 15) is 4.79 Å². The predicted octanol–water partition coefficient (Wildman–Crippen LogP) is 1.99. The number of carboxylic acids is 1. The van der Waals surface area contributed by atoms with E-state index in [-0.39, 0.29) is 5.69 Å². The van der Waals surface area contributed by atoms with Gasteiger partial charge < -0.3 is 9.84 Å². The number of ether oxygens (including phenoxy) is 1. The van der Waals surface area contributed by atoms with Gasteiger partial charge in [0, 0.05) is 6.07 Å². The minimum absolute atomic E-state index is 0.0862. The Kier molecular flexibility index (Phi) is 3.66. The molecule has 4 nitrogen and oxygen atoms in total. The molecule has 0 aliphatic carbocycles. The fourth-order valence-corrected chi connectivity index (χ4v) is 1.37. The standard InChI is InChI=1S/C11H15NO3/c1-7(2)6-8-4-5-9(15-3)12-10(8)11(13)14/h4-5,7H,6H2,1-3H3,(H,13,14). The molecule has 0 radical (unpaired) electrons. The molecule has 1 aromatic heterocycles. The summed E-state index contributed by atoms with van der Waals surface area (Å²) in [4.78, 5) is 14.9. The lowest BCUT2D eigenvalue weighted by Crippen LogP contribution is -2.08. The van der Waals surface area contributed by atoms with E-state index in [4.69, 9.17) is 9.84 Å². The topological polar surface area (TPSA) is 59.4 Å². The van der Waals surface area contributed by atoms with Crippen molar-refractivity contribution in [1.29, 1.82) is 0 Å². The van der Waals surface area contributed by atoms with Crippen molar-refractivity contribution in [3.8, 4) is 5.88 Å². The third-order valence-electron chi connectivity index (χ3n) is 1.99. The summed E-state index contributed by atoms with van der Waals surface area (Å²) in [6.45, 7) is 4.08. The Labute approximate surface area is 88.9 Å². The van der Waals surface area contributed by atoms with Gasteiger partial charge in [0.05, 0.1) is 7.11 Å². The zero-order chi connectivity index (χ0) is 11.4. The Bertz CT molecular complexity index is 361. The summed E-state index contributed by atoms with van der Waals surface area (Å²) in [6.07, 6.45) is 0.707. The van der Waals surface area contributed by atoms with E-state index in [1.165, 1.54) is 7.11 Å². The van der Waals surface area contributed by atoms with Gasteiger partial charge in [0.2, 0.25) is 5.88 Å². The molecule has 0 bridgehead atoms. The van der Waals surface area contributed by atoms with Crippen LogP contribution in [-0.4, -0.2) is 23.2 Å². The summed E-state index contributed by atoms with van der Waals surface area (Å²) in [5, 5.41) is 8.98. The minimum atomic E-state index is -1.01. The smallest absolute Gasteiger partial charge is 0.354 e. The van der Waals surface area contributed by atoms with Gasteiger partial charge in [-0.25, -0.2) is 9.78 Å². The highest BCUT2D eigenvalue weighted by Gasteiger charge is 2.14. The number of hydrogen-bond donors (Lipinski definition) is 1. The predicted molar refractivity (Wildman–Crippen MR) is 56.3 cm³/mol. The van der Waals surface area contributed by atoms with Gasteiger partial charge in [-0.05, 0) is 17.9 Å². The van der Waals surface area contributed by atoms with Crippen molar-refractivity contribution in [1.82, 2.24) is 4.98 Å². The molecule has 0 fully saturated rings. The first-order chi connectivity index (χ1) is 7.04. The summed E-state index contributed by atoms with van der Waals surface area (Å²) in [5.74, 6) is -0.275. The summed E-state index contributed by atoms with van der Waals surface area (Å²) in [6, 6.07) is 3.44. The highest BCUT2D eigenvalue weighted by atomic mass is 16.5. The van der Waals surface area contributed by atoms with Crippen molar-refractivity contribution in [3.05, 3.63) is 23.4 Å². The number of nitrogens with zero attached hydrogens (tertiary/aromatic N) is 1. The molecule has 0 spiro atoms. The molecular formula is C11H15NO3. The zero-order valence-corrected chi connectivity index (χ0v) is 9.15. The van der Waals surface area contributed by atoms with Gasteiger partial charge >= 0.3 is 5.97 Å². The number of aromatic nitrogens is 1. The molecule has 0 saturated carbocycles. The first-order valence-electron chi connectivity index (χ1n) is 4.81. The molecule has 0 unspecified atom stereocenters. The maximum absolute atomic E-state index is 11.0. The first-order valence-corrected chi connectivity index (χ1v) is 4.81. The lowest BCUT2D eigenvalue weighted by atomic mass is 10.0. The van der Waals surface area contributed by atoms with Crippen molar-refractivity contribution in [2.75, 3.05) is 7.11 Å². The number of rotatable bonds is 4. The van der Waals surface area contributed by atoms with Crippen molar-refractivity contribution >= 4 is 5.97 Å². The van der Waals surface area contributed by atoms with Crippen molar-refractivity contribution in [2.24, 2.45) is 5.92 Å². The summed E-state index contributed by atoms with van der Waals surface area (Å²) >= 11 is 0. The van der Waals surface area contributed by atoms with Gasteiger partial charge in [-0.3, -0.25) is 0 Å². The molecule has 1 heterocycles. The lowest BCUT2D eigenvalue weighted by Gasteiger charge is -2.09. The maximum atomic E-state index is 11.0. The minimum Gasteiger partial charge on any atom is -0.481 e. The van der Waals surface area contributed by atoms with Crippen LogP contribution in [0, 0.1) is 5.92 Å². The third-order valence-corrected chi connectivity index (χ3v) is 1.99. The number of carboxylic acid groups (broad SMARTS) is 1. The van der Waals surface area contributed by atoms with Gasteiger partial charge in [0.25, 0.3) is 0 Å². The van der Waals surface area contributed by atoms with Gasteiger partial charge in [0.1, 0.15) is 0 Å². The SMILES string of the molecule is COc1ccc(CC(C)C)c(C(=O)O)n1. The fourth-order valence-electron chi connectivity index (χ4n) is 1.37. The maximum Gasteiger partial charge on any atom is 0.354 e. The molecule has 82 valence electrons.